The van der Waals surface area contributed by atoms with E-state index in [4.69, 9.17) is 4.74 Å². The molecule has 1 atom stereocenters. The molecule has 0 aliphatic rings. The van der Waals surface area contributed by atoms with Crippen LogP contribution < -0.4 is 5.32 Å². The van der Waals surface area contributed by atoms with Gasteiger partial charge in [0, 0.05) is 32.8 Å². The van der Waals surface area contributed by atoms with Gasteiger partial charge in [-0.25, -0.2) is 12.8 Å². The van der Waals surface area contributed by atoms with Crippen molar-refractivity contribution in [2.45, 2.75) is 39.4 Å². The van der Waals surface area contributed by atoms with Crippen molar-refractivity contribution < 1.29 is 27.1 Å². The minimum Gasteiger partial charge on any atom is -0.382 e. The Morgan fingerprint density at radius 1 is 1.03 bits per heavy atom. The van der Waals surface area contributed by atoms with Crippen LogP contribution in [0.5, 0.6) is 0 Å². The van der Waals surface area contributed by atoms with Crippen LogP contribution in [0, 0.1) is 5.82 Å². The van der Waals surface area contributed by atoms with Crippen LogP contribution in [0.25, 0.3) is 0 Å². The Hall–Kier alpha value is -2.82. The van der Waals surface area contributed by atoms with Crippen molar-refractivity contribution in [3.63, 3.8) is 0 Å². The van der Waals surface area contributed by atoms with Crippen molar-refractivity contribution >= 4 is 21.8 Å². The number of nitrogens with one attached hydrogen (secondary N) is 1. The molecule has 0 spiro atoms. The van der Waals surface area contributed by atoms with Gasteiger partial charge in [-0.1, -0.05) is 42.5 Å². The van der Waals surface area contributed by atoms with Crippen LogP contribution in [0.2, 0.25) is 0 Å². The van der Waals surface area contributed by atoms with E-state index < -0.39 is 34.3 Å². The number of hydrogen-bond acceptors (Lipinski definition) is 5. The van der Waals surface area contributed by atoms with Gasteiger partial charge in [0.05, 0.1) is 12.8 Å². The minimum atomic E-state index is -3.72. The highest BCUT2D eigenvalue weighted by Gasteiger charge is 2.29. The predicted octanol–water partition coefficient (Wildman–Crippen LogP) is 2.55. The number of hydrogen-bond donors (Lipinski definition) is 1. The van der Waals surface area contributed by atoms with Gasteiger partial charge >= 0.3 is 0 Å². The van der Waals surface area contributed by atoms with Crippen LogP contribution in [0.15, 0.2) is 54.6 Å². The molecule has 0 aliphatic heterocycles. The van der Waals surface area contributed by atoms with E-state index in [9.17, 15) is 22.4 Å². The summed E-state index contributed by atoms with van der Waals surface area (Å²) >= 11 is 0. The summed E-state index contributed by atoms with van der Waals surface area (Å²) in [6, 6.07) is 13.7. The van der Waals surface area contributed by atoms with Crippen molar-refractivity contribution in [2.75, 3.05) is 32.6 Å². The van der Waals surface area contributed by atoms with Gasteiger partial charge in [-0.2, -0.15) is 4.31 Å². The van der Waals surface area contributed by atoms with Gasteiger partial charge in [-0.15, -0.1) is 0 Å². The van der Waals surface area contributed by atoms with Gasteiger partial charge in [-0.3, -0.25) is 9.59 Å². The molecule has 0 radical (unpaired) electrons. The summed E-state index contributed by atoms with van der Waals surface area (Å²) in [5.74, 6) is -1.32. The van der Waals surface area contributed by atoms with Crippen molar-refractivity contribution in [1.29, 1.82) is 0 Å². The Morgan fingerprint density at radius 2 is 1.66 bits per heavy atom. The van der Waals surface area contributed by atoms with E-state index in [0.29, 0.717) is 31.7 Å². The quantitative estimate of drug-likeness (QED) is 0.397. The van der Waals surface area contributed by atoms with E-state index in [1.807, 2.05) is 13.0 Å². The number of carbonyl (C=O) groups excluding carboxylic acids is 2. The number of amides is 2. The predicted molar refractivity (Wildman–Crippen MR) is 132 cm³/mol. The first kappa shape index (κ1) is 28.4. The third-order valence-electron chi connectivity index (χ3n) is 5.38. The monoisotopic (exact) mass is 507 g/mol. The fourth-order valence-electron chi connectivity index (χ4n) is 3.37. The molecule has 0 aliphatic carbocycles. The van der Waals surface area contributed by atoms with Gasteiger partial charge in [0.1, 0.15) is 11.9 Å². The molecule has 2 aromatic carbocycles. The summed E-state index contributed by atoms with van der Waals surface area (Å²) in [5.41, 5.74) is 1.35. The molecule has 0 saturated carbocycles. The maximum absolute atomic E-state index is 13.4. The van der Waals surface area contributed by atoms with Crippen molar-refractivity contribution in [3.05, 3.63) is 71.5 Å². The average Bonchev–Trinajstić information content (AvgIpc) is 2.82. The topological polar surface area (TPSA) is 96.0 Å². The average molecular weight is 508 g/mol. The SMILES string of the molecule is CCOCCCNC(=O)[C@@H](C)N(Cc1ccc(F)cc1)C(=O)CN(Cc1ccccc1)S(C)(=O)=O. The first-order valence-corrected chi connectivity index (χ1v) is 13.3. The molecule has 0 aromatic heterocycles. The Morgan fingerprint density at radius 3 is 2.26 bits per heavy atom. The lowest BCUT2D eigenvalue weighted by molar-refractivity contribution is -0.140. The molecule has 0 bridgehead atoms. The van der Waals surface area contributed by atoms with Gasteiger partial charge in [0.2, 0.25) is 21.8 Å². The smallest absolute Gasteiger partial charge is 0.242 e. The largest absolute Gasteiger partial charge is 0.382 e. The van der Waals surface area contributed by atoms with E-state index >= 15 is 0 Å². The van der Waals surface area contributed by atoms with Crippen LogP contribution in [-0.2, 0) is 37.4 Å². The number of nitrogens with zero attached hydrogens (tertiary/aromatic N) is 2. The Balaban J connectivity index is 2.20. The third-order valence-corrected chi connectivity index (χ3v) is 6.58. The third kappa shape index (κ3) is 9.75. The molecule has 2 amide bonds. The molecule has 0 heterocycles. The zero-order valence-electron chi connectivity index (χ0n) is 20.4. The highest BCUT2D eigenvalue weighted by Crippen LogP contribution is 2.14. The summed E-state index contributed by atoms with van der Waals surface area (Å²) in [6.07, 6.45) is 1.67. The molecule has 35 heavy (non-hydrogen) atoms. The zero-order chi connectivity index (χ0) is 25.8. The van der Waals surface area contributed by atoms with Crippen LogP contribution in [0.3, 0.4) is 0 Å². The van der Waals surface area contributed by atoms with Crippen molar-refractivity contribution in [2.24, 2.45) is 0 Å². The molecule has 8 nitrogen and oxygen atoms in total. The summed E-state index contributed by atoms with van der Waals surface area (Å²) in [5, 5.41) is 2.79. The van der Waals surface area contributed by atoms with E-state index in [-0.39, 0.29) is 19.0 Å². The van der Waals surface area contributed by atoms with Crippen molar-refractivity contribution in [1.82, 2.24) is 14.5 Å². The minimum absolute atomic E-state index is 0.0216. The molecule has 2 aromatic rings. The molecule has 192 valence electrons. The number of sulfonamides is 1. The van der Waals surface area contributed by atoms with Gasteiger partial charge in [-0.05, 0) is 43.5 Å². The van der Waals surface area contributed by atoms with E-state index in [1.165, 1.54) is 29.2 Å². The normalized spacial score (nSPS) is 12.4. The number of ether oxygens (including phenoxy) is 1. The molecule has 0 fully saturated rings. The molecular weight excluding hydrogens is 473 g/mol. The Bertz CT molecular complexity index is 1050. The van der Waals surface area contributed by atoms with Crippen LogP contribution in [0.1, 0.15) is 31.4 Å². The first-order chi connectivity index (χ1) is 16.6. The Labute approximate surface area is 207 Å². The number of rotatable bonds is 14. The molecule has 2 rings (SSSR count). The van der Waals surface area contributed by atoms with Gasteiger partial charge in [0.25, 0.3) is 0 Å². The number of halogens is 1. The first-order valence-electron chi connectivity index (χ1n) is 11.5. The standard InChI is InChI=1S/C25H34FN3O5S/c1-4-34-16-8-15-27-25(31)20(2)29(18-22-11-13-23(26)14-12-22)24(30)19-28(35(3,32)33)17-21-9-6-5-7-10-21/h5-7,9-14,20H,4,8,15-19H2,1-3H3,(H,27,31)/t20-/m1/s1. The second-order valence-electron chi connectivity index (χ2n) is 8.18. The highest BCUT2D eigenvalue weighted by molar-refractivity contribution is 7.88. The lowest BCUT2D eigenvalue weighted by Crippen LogP contribution is -2.51. The maximum Gasteiger partial charge on any atom is 0.242 e. The fraction of sp³-hybridized carbons (Fsp3) is 0.440. The van der Waals surface area contributed by atoms with E-state index in [2.05, 4.69) is 5.32 Å². The summed E-state index contributed by atoms with van der Waals surface area (Å²) < 4.78 is 44.6. The maximum atomic E-state index is 13.4. The van der Waals surface area contributed by atoms with Gasteiger partial charge < -0.3 is 15.0 Å². The zero-order valence-corrected chi connectivity index (χ0v) is 21.3. The summed E-state index contributed by atoms with van der Waals surface area (Å²) in [7, 11) is -3.72. The molecular formula is C25H34FN3O5S. The lowest BCUT2D eigenvalue weighted by atomic mass is 10.1. The molecule has 0 unspecified atom stereocenters. The van der Waals surface area contributed by atoms with Gasteiger partial charge in [0.15, 0.2) is 0 Å². The summed E-state index contributed by atoms with van der Waals surface area (Å²) in [6.45, 7) is 4.56. The number of carbonyl (C=O) groups is 2. The van der Waals surface area contributed by atoms with Crippen LogP contribution in [-0.4, -0.2) is 68.0 Å². The molecule has 1 N–H and O–H groups in total. The highest BCUT2D eigenvalue weighted by atomic mass is 32.2. The van der Waals surface area contributed by atoms with E-state index in [1.54, 1.807) is 31.2 Å². The van der Waals surface area contributed by atoms with Crippen molar-refractivity contribution in [3.8, 4) is 0 Å². The molecule has 0 saturated heterocycles. The van der Waals surface area contributed by atoms with Crippen LogP contribution >= 0.6 is 0 Å². The second kappa shape index (κ2) is 13.9. The fourth-order valence-corrected chi connectivity index (χ4v) is 4.09. The van der Waals surface area contributed by atoms with E-state index in [0.717, 1.165) is 16.1 Å². The Kier molecular flexibility index (Phi) is 11.3. The summed E-state index contributed by atoms with van der Waals surface area (Å²) in [4.78, 5) is 27.5. The number of benzene rings is 2. The molecule has 10 heteroatoms. The van der Waals surface area contributed by atoms with Crippen LogP contribution in [0.4, 0.5) is 4.39 Å². The lowest BCUT2D eigenvalue weighted by Gasteiger charge is -2.31. The second-order valence-corrected chi connectivity index (χ2v) is 10.2.